The van der Waals surface area contributed by atoms with Crippen LogP contribution in [-0.2, 0) is 25.6 Å². The van der Waals surface area contributed by atoms with E-state index in [2.05, 4.69) is 157 Å². The number of amides is 3. The average molecular weight is 2010 g/mol. The van der Waals surface area contributed by atoms with Gasteiger partial charge in [-0.3, -0.25) is 19.2 Å². The molecule has 12 heteroatoms. The van der Waals surface area contributed by atoms with Gasteiger partial charge in [0.25, 0.3) is 17.7 Å². The summed E-state index contributed by atoms with van der Waals surface area (Å²) >= 11 is 16.9. The molecule has 1 N–H and O–H groups in total. The SMILES string of the molecule is C.CCCCCCCCCCC(CCCCCCCCCC)CCCCN1C(=O)/C(=C2/C(=O)N(CCCC(CCCCCCCCCC)CCCCCCCCCC)c3cc(Br)ccc32)c2ccc(Br)cc21.CCCCCCCCCCC(CCCI)CCCCCCCCCC.O=C1Cc2cc(Br)ccc2/C1=C1\C(=O)Nc2cc(Br)ccc21. The molecule has 3 heterocycles. The molecular formula is C107H168Br4IN3O4. The maximum atomic E-state index is 14.9. The predicted octanol–water partition coefficient (Wildman–Crippen LogP) is 36.8. The summed E-state index contributed by atoms with van der Waals surface area (Å²) in [5, 5.41) is 2.84. The minimum Gasteiger partial charge on any atom is -0.321 e. The fourth-order valence-corrected chi connectivity index (χ4v) is 20.8. The number of allylic oxidation sites excluding steroid dienone is 1. The summed E-state index contributed by atoms with van der Waals surface area (Å²) in [4.78, 5) is 58.7. The Morgan fingerprint density at radius 2 is 0.571 bits per heavy atom. The minimum atomic E-state index is -0.216. The maximum Gasteiger partial charge on any atom is 0.259 e. The molecule has 0 fully saturated rings. The van der Waals surface area contributed by atoms with Gasteiger partial charge >= 0.3 is 0 Å². The number of rotatable bonds is 66. The third-order valence-electron chi connectivity index (χ3n) is 25.9. The van der Waals surface area contributed by atoms with Gasteiger partial charge in [-0.05, 0) is 114 Å². The third kappa shape index (κ3) is 40.7. The van der Waals surface area contributed by atoms with E-state index in [-0.39, 0.29) is 30.9 Å². The first kappa shape index (κ1) is 107. The van der Waals surface area contributed by atoms with Crippen molar-refractivity contribution in [3.05, 3.63) is 119 Å². The van der Waals surface area contributed by atoms with Crippen molar-refractivity contribution in [2.75, 3.05) is 32.6 Å². The number of Topliss-reactive ketones (excluding diaryl/α,β-unsaturated/α-hetero) is 1. The van der Waals surface area contributed by atoms with Gasteiger partial charge in [0.2, 0.25) is 0 Å². The Bertz CT molecular complexity index is 3380. The summed E-state index contributed by atoms with van der Waals surface area (Å²) in [6.07, 6.45) is 84.5. The number of halogens is 5. The number of nitrogens with zero attached hydrogens (tertiary/aromatic N) is 2. The predicted molar refractivity (Wildman–Crippen MR) is 544 cm³/mol. The molecule has 0 spiro atoms. The zero-order valence-corrected chi connectivity index (χ0v) is 84.0. The molecule has 0 saturated carbocycles. The molecule has 0 bridgehead atoms. The molecule has 0 radical (unpaired) electrons. The van der Waals surface area contributed by atoms with Gasteiger partial charge in [-0.2, -0.15) is 0 Å². The monoisotopic (exact) mass is 2000 g/mol. The number of carbonyl (C=O) groups excluding carboxylic acids is 4. The normalized spacial score (nSPS) is 14.7. The van der Waals surface area contributed by atoms with E-state index >= 15 is 0 Å². The quantitative estimate of drug-likeness (QED) is 0.0207. The fourth-order valence-electron chi connectivity index (χ4n) is 18.9. The second-order valence-electron chi connectivity index (χ2n) is 35.9. The maximum absolute atomic E-state index is 14.9. The van der Waals surface area contributed by atoms with Crippen molar-refractivity contribution in [3.8, 4) is 0 Å². The number of fused-ring (bicyclic) bond motifs is 4. The highest BCUT2D eigenvalue weighted by Crippen LogP contribution is 2.49. The van der Waals surface area contributed by atoms with Crippen LogP contribution in [0.4, 0.5) is 17.1 Å². The van der Waals surface area contributed by atoms with Crippen LogP contribution < -0.4 is 15.1 Å². The van der Waals surface area contributed by atoms with Gasteiger partial charge in [0.15, 0.2) is 5.78 Å². The zero-order chi connectivity index (χ0) is 84.6. The van der Waals surface area contributed by atoms with E-state index in [9.17, 15) is 19.2 Å². The number of anilines is 3. The lowest BCUT2D eigenvalue weighted by Crippen LogP contribution is -2.30. The van der Waals surface area contributed by atoms with Crippen LogP contribution >= 0.6 is 86.3 Å². The summed E-state index contributed by atoms with van der Waals surface area (Å²) in [7, 11) is 0. The van der Waals surface area contributed by atoms with Crippen LogP contribution in [0.2, 0.25) is 0 Å². The highest BCUT2D eigenvalue weighted by molar-refractivity contribution is 14.1. The Hall–Kier alpha value is -2.91. The van der Waals surface area contributed by atoms with E-state index in [1.54, 1.807) is 0 Å². The molecule has 0 saturated heterocycles. The lowest BCUT2D eigenvalue weighted by atomic mass is 9.89. The largest absolute Gasteiger partial charge is 0.321 e. The molecule has 3 amide bonds. The lowest BCUT2D eigenvalue weighted by molar-refractivity contribution is -0.114. The van der Waals surface area contributed by atoms with Crippen molar-refractivity contribution >= 4 is 149 Å². The van der Waals surface area contributed by atoms with Gasteiger partial charge in [0.1, 0.15) is 0 Å². The van der Waals surface area contributed by atoms with E-state index in [0.717, 1.165) is 100 Å². The first-order chi connectivity index (χ1) is 57.7. The second-order valence-corrected chi connectivity index (χ2v) is 40.7. The molecule has 7 nitrogen and oxygen atoms in total. The molecule has 3 aliphatic heterocycles. The molecule has 670 valence electrons. The summed E-state index contributed by atoms with van der Waals surface area (Å²) in [5.41, 5.74) is 9.21. The summed E-state index contributed by atoms with van der Waals surface area (Å²) < 4.78 is 5.11. The van der Waals surface area contributed by atoms with Gasteiger partial charge in [-0.1, -0.05) is 519 Å². The van der Waals surface area contributed by atoms with Crippen molar-refractivity contribution in [1.82, 2.24) is 0 Å². The van der Waals surface area contributed by atoms with Gasteiger partial charge < -0.3 is 15.1 Å². The fraction of sp³-hybridized carbons (Fsp3) is 0.701. The van der Waals surface area contributed by atoms with Crippen molar-refractivity contribution < 1.29 is 19.2 Å². The first-order valence-electron chi connectivity index (χ1n) is 49.4. The topological polar surface area (TPSA) is 86.8 Å². The number of hydrogen-bond donors (Lipinski definition) is 1. The molecule has 8 rings (SSSR count). The molecule has 0 aromatic heterocycles. The van der Waals surface area contributed by atoms with Crippen molar-refractivity contribution in [2.24, 2.45) is 17.8 Å². The summed E-state index contributed by atoms with van der Waals surface area (Å²) in [6.45, 7) is 15.2. The van der Waals surface area contributed by atoms with Crippen molar-refractivity contribution in [2.45, 2.75) is 447 Å². The van der Waals surface area contributed by atoms with Gasteiger partial charge in [-0.15, -0.1) is 0 Å². The van der Waals surface area contributed by atoms with E-state index in [1.165, 1.54) is 370 Å². The molecule has 4 aromatic carbocycles. The van der Waals surface area contributed by atoms with Crippen LogP contribution in [0.5, 0.6) is 0 Å². The Kier molecular flexibility index (Phi) is 59.6. The highest BCUT2D eigenvalue weighted by Gasteiger charge is 2.43. The number of ketones is 1. The number of hydrogen-bond acceptors (Lipinski definition) is 4. The molecule has 0 unspecified atom stereocenters. The van der Waals surface area contributed by atoms with Crippen LogP contribution in [0.15, 0.2) is 90.7 Å². The first-order valence-corrected chi connectivity index (χ1v) is 54.1. The average Bonchev–Trinajstić information content (AvgIpc) is 1.58. The van der Waals surface area contributed by atoms with Gasteiger partial charge in [0.05, 0.1) is 33.8 Å². The Morgan fingerprint density at radius 3 is 0.908 bits per heavy atom. The third-order valence-corrected chi connectivity index (χ3v) is 28.7. The minimum absolute atomic E-state index is 0. The van der Waals surface area contributed by atoms with Crippen molar-refractivity contribution in [1.29, 1.82) is 0 Å². The number of benzene rings is 4. The van der Waals surface area contributed by atoms with Gasteiger partial charge in [0, 0.05) is 59.7 Å². The van der Waals surface area contributed by atoms with Crippen molar-refractivity contribution in [3.63, 3.8) is 0 Å². The standard InChI is InChI=1S/C65H106Br2N2O2.C24H49I.C17H9Br2NO2.CH4/c1-5-9-13-17-21-25-29-33-40-54(41-34-30-26-22-18-14-10-6-2)44-37-38-50-68-60-52-56(66)46-48-58(60)62(64(68)70)63-59-49-47-57(67)53-61(59)69(65(63)71)51-39-45-55(42-35-31-27-23-19-15-11-7-3)43-36-32-28-24-20-16-12-8-4;1-3-5-7-9-11-13-15-17-20-24(22-19-23-25)21-18-16-14-12-10-8-6-4-2;18-9-1-3-11-8(5-9)6-14(21)15(11)16-12-4-2-10(19)7-13(12)20-17(16)22;/h46-49,52-55H,5-45,50-51H2,1-4H3;24H,3-23H2,1-2H3;1-5,7H,6H2,(H,20,22);1H4/b63-62+;;16-15+;. The van der Waals surface area contributed by atoms with Crippen LogP contribution in [0, 0.1) is 17.8 Å². The Balaban J connectivity index is 0.000000421. The molecule has 0 atom stereocenters. The summed E-state index contributed by atoms with van der Waals surface area (Å²) in [5.74, 6) is 2.30. The van der Waals surface area contributed by atoms with Gasteiger partial charge in [-0.25, -0.2) is 0 Å². The number of carbonyl (C=O) groups is 4. The highest BCUT2D eigenvalue weighted by atomic mass is 127. The molecule has 4 aliphatic rings. The molecule has 1 aliphatic carbocycles. The van der Waals surface area contributed by atoms with E-state index in [1.807, 2.05) is 58.3 Å². The van der Waals surface area contributed by atoms with Crippen LogP contribution in [0.25, 0.3) is 22.3 Å². The molecular weight excluding hydrogens is 1840 g/mol. The van der Waals surface area contributed by atoms with Crippen LogP contribution in [-0.4, -0.2) is 41.0 Å². The van der Waals surface area contributed by atoms with Crippen LogP contribution in [0.3, 0.4) is 0 Å². The number of alkyl halides is 1. The van der Waals surface area contributed by atoms with Crippen LogP contribution in [0.1, 0.15) is 468 Å². The number of unbranched alkanes of at least 4 members (excludes halogenated alkanes) is 43. The molecule has 4 aromatic rings. The Labute approximate surface area is 777 Å². The Morgan fingerprint density at radius 1 is 0.303 bits per heavy atom. The zero-order valence-electron chi connectivity index (χ0n) is 75.5. The second kappa shape index (κ2) is 66.5. The van der Waals surface area contributed by atoms with E-state index in [4.69, 9.17) is 0 Å². The summed E-state index contributed by atoms with van der Waals surface area (Å²) in [6, 6.07) is 23.8. The lowest BCUT2D eigenvalue weighted by Gasteiger charge is -2.21. The smallest absolute Gasteiger partial charge is 0.259 e. The van der Waals surface area contributed by atoms with E-state index < -0.39 is 0 Å². The van der Waals surface area contributed by atoms with E-state index in [0.29, 0.717) is 47.7 Å². The molecule has 119 heavy (non-hydrogen) atoms. The number of nitrogens with one attached hydrogen (secondary N) is 1.